The average molecular weight is 263 g/mol. The van der Waals surface area contributed by atoms with Gasteiger partial charge in [0, 0.05) is 5.92 Å². The molecule has 0 aromatic heterocycles. The van der Waals surface area contributed by atoms with Gasteiger partial charge >= 0.3 is 5.97 Å². The molecule has 1 aromatic rings. The maximum absolute atomic E-state index is 12.1. The summed E-state index contributed by atoms with van der Waals surface area (Å²) in [5, 5.41) is 8.89. The van der Waals surface area contributed by atoms with E-state index in [1.165, 1.54) is 6.26 Å². The highest BCUT2D eigenvalue weighted by Crippen LogP contribution is 2.41. The second kappa shape index (κ2) is 5.18. The Kier molecular flexibility index (Phi) is 3.22. The molecule has 20 heavy (non-hydrogen) atoms. The molecule has 3 nitrogen and oxygen atoms in total. The molecule has 0 bridgehead atoms. The van der Waals surface area contributed by atoms with Crippen LogP contribution in [0.25, 0.3) is 0 Å². The molecule has 1 aliphatic heterocycles. The van der Waals surface area contributed by atoms with Crippen molar-refractivity contribution in [3.8, 4) is 6.07 Å². The lowest BCUT2D eigenvalue weighted by Crippen LogP contribution is -2.29. The largest absolute Gasteiger partial charge is 0.434 e. The molecule has 2 aliphatic rings. The Hall–Kier alpha value is -2.60. The van der Waals surface area contributed by atoms with Gasteiger partial charge in [0.15, 0.2) is 0 Å². The van der Waals surface area contributed by atoms with E-state index in [2.05, 4.69) is 6.07 Å². The molecule has 0 N–H and O–H groups in total. The van der Waals surface area contributed by atoms with Crippen LogP contribution < -0.4 is 0 Å². The lowest BCUT2D eigenvalue weighted by Gasteiger charge is -2.31. The second-order valence-electron chi connectivity index (χ2n) is 4.84. The van der Waals surface area contributed by atoms with E-state index in [1.807, 2.05) is 48.6 Å². The van der Waals surface area contributed by atoms with Crippen LogP contribution in [0.1, 0.15) is 17.9 Å². The molecule has 0 amide bonds. The van der Waals surface area contributed by atoms with Crippen LogP contribution in [0.3, 0.4) is 0 Å². The summed E-state index contributed by atoms with van der Waals surface area (Å²) in [6.45, 7) is 0. The summed E-state index contributed by atoms with van der Waals surface area (Å²) in [6.07, 6.45) is 7.66. The quantitative estimate of drug-likeness (QED) is 0.770. The highest BCUT2D eigenvalue weighted by Gasteiger charge is 2.37. The van der Waals surface area contributed by atoms with Crippen LogP contribution in [-0.4, -0.2) is 5.97 Å². The Morgan fingerprint density at radius 2 is 2.05 bits per heavy atom. The lowest BCUT2D eigenvalue weighted by molar-refractivity contribution is -0.141. The van der Waals surface area contributed by atoms with Crippen LogP contribution in [0.5, 0.6) is 0 Å². The summed E-state index contributed by atoms with van der Waals surface area (Å²) < 4.78 is 5.21. The lowest BCUT2D eigenvalue weighted by atomic mass is 9.75. The first-order valence-corrected chi connectivity index (χ1v) is 6.51. The number of nitrogens with zero attached hydrogens (tertiary/aromatic N) is 1. The number of benzene rings is 1. The summed E-state index contributed by atoms with van der Waals surface area (Å²) in [4.78, 5) is 12.1. The predicted octanol–water partition coefficient (Wildman–Crippen LogP) is 3.24. The number of esters is 1. The summed E-state index contributed by atoms with van der Waals surface area (Å²) in [5.41, 5.74) is 2.80. The second-order valence-corrected chi connectivity index (χ2v) is 4.84. The van der Waals surface area contributed by atoms with E-state index in [0.29, 0.717) is 6.42 Å². The molecule has 1 heterocycles. The van der Waals surface area contributed by atoms with E-state index in [0.717, 1.165) is 16.7 Å². The van der Waals surface area contributed by atoms with E-state index in [9.17, 15) is 4.79 Å². The number of carbonyl (C=O) groups excluding carboxylic acids is 1. The van der Waals surface area contributed by atoms with Crippen LogP contribution in [0.4, 0.5) is 0 Å². The first kappa shape index (κ1) is 12.4. The average Bonchev–Trinajstić information content (AvgIpc) is 2.48. The Bertz CT molecular complexity index is 662. The molecular formula is C17H13NO2. The maximum atomic E-state index is 12.1. The highest BCUT2D eigenvalue weighted by molar-refractivity contribution is 5.82. The Morgan fingerprint density at radius 3 is 2.80 bits per heavy atom. The minimum Gasteiger partial charge on any atom is -0.434 e. The van der Waals surface area contributed by atoms with Crippen molar-refractivity contribution in [2.24, 2.45) is 5.92 Å². The Labute approximate surface area is 117 Å². The SMILES string of the molecule is N#CCC1=CC=CC2C1=COC(=O)C2c1ccccc1. The predicted molar refractivity (Wildman–Crippen MR) is 74.3 cm³/mol. The van der Waals surface area contributed by atoms with Crippen LogP contribution in [-0.2, 0) is 9.53 Å². The Balaban J connectivity index is 2.01. The van der Waals surface area contributed by atoms with Crippen molar-refractivity contribution in [1.82, 2.24) is 0 Å². The van der Waals surface area contributed by atoms with E-state index in [-0.39, 0.29) is 17.8 Å². The van der Waals surface area contributed by atoms with E-state index >= 15 is 0 Å². The van der Waals surface area contributed by atoms with E-state index in [1.54, 1.807) is 0 Å². The smallest absolute Gasteiger partial charge is 0.319 e. The van der Waals surface area contributed by atoms with Crippen molar-refractivity contribution in [2.75, 3.05) is 0 Å². The fourth-order valence-electron chi connectivity index (χ4n) is 2.74. The third-order valence-corrected chi connectivity index (χ3v) is 3.69. The zero-order valence-electron chi connectivity index (χ0n) is 10.8. The van der Waals surface area contributed by atoms with Crippen molar-refractivity contribution >= 4 is 5.97 Å². The number of carbonyl (C=O) groups is 1. The molecule has 1 aromatic carbocycles. The van der Waals surface area contributed by atoms with Crippen LogP contribution in [0.15, 0.2) is 66.0 Å². The molecule has 3 heteroatoms. The van der Waals surface area contributed by atoms with Gasteiger partial charge in [0.2, 0.25) is 0 Å². The third kappa shape index (κ3) is 2.06. The van der Waals surface area contributed by atoms with Crippen LogP contribution in [0.2, 0.25) is 0 Å². The monoisotopic (exact) mass is 263 g/mol. The van der Waals surface area contributed by atoms with Gasteiger partial charge in [-0.2, -0.15) is 5.26 Å². The molecule has 3 rings (SSSR count). The van der Waals surface area contributed by atoms with Gasteiger partial charge in [0.05, 0.1) is 24.7 Å². The fraction of sp³-hybridized carbons (Fsp3) is 0.176. The van der Waals surface area contributed by atoms with Crippen molar-refractivity contribution in [3.63, 3.8) is 0 Å². The number of nitriles is 1. The van der Waals surface area contributed by atoms with Gasteiger partial charge in [0.1, 0.15) is 0 Å². The van der Waals surface area contributed by atoms with Crippen molar-refractivity contribution in [3.05, 3.63) is 71.5 Å². The van der Waals surface area contributed by atoms with Crippen molar-refractivity contribution < 1.29 is 9.53 Å². The number of hydrogen-bond acceptors (Lipinski definition) is 3. The van der Waals surface area contributed by atoms with E-state index in [4.69, 9.17) is 10.00 Å². The fourth-order valence-corrected chi connectivity index (χ4v) is 2.74. The van der Waals surface area contributed by atoms with Crippen LogP contribution in [0, 0.1) is 17.2 Å². The summed E-state index contributed by atoms with van der Waals surface area (Å²) in [5.74, 6) is -0.630. The van der Waals surface area contributed by atoms with Crippen molar-refractivity contribution in [1.29, 1.82) is 5.26 Å². The number of ether oxygens (including phenoxy) is 1. The zero-order chi connectivity index (χ0) is 13.9. The van der Waals surface area contributed by atoms with Gasteiger partial charge in [0.25, 0.3) is 0 Å². The van der Waals surface area contributed by atoms with Gasteiger partial charge in [-0.25, -0.2) is 0 Å². The summed E-state index contributed by atoms with van der Waals surface area (Å²) >= 11 is 0. The number of cyclic esters (lactones) is 1. The number of rotatable bonds is 2. The molecule has 0 fully saturated rings. The van der Waals surface area contributed by atoms with Crippen LogP contribution >= 0.6 is 0 Å². The molecule has 2 unspecified atom stereocenters. The molecule has 0 saturated heterocycles. The summed E-state index contributed by atoms with van der Waals surface area (Å²) in [7, 11) is 0. The standard InChI is InChI=1S/C17H13NO2/c18-10-9-12-7-4-8-14-15(12)11-20-17(19)16(14)13-5-2-1-3-6-13/h1-8,11,14,16H,9H2. The Morgan fingerprint density at radius 1 is 1.25 bits per heavy atom. The number of hydrogen-bond donors (Lipinski definition) is 0. The molecule has 2 atom stereocenters. The van der Waals surface area contributed by atoms with Gasteiger partial charge in [-0.3, -0.25) is 4.79 Å². The van der Waals surface area contributed by atoms with Gasteiger partial charge in [-0.15, -0.1) is 0 Å². The molecule has 0 saturated carbocycles. The minimum atomic E-state index is -0.338. The normalized spacial score (nSPS) is 24.1. The van der Waals surface area contributed by atoms with Gasteiger partial charge in [-0.05, 0) is 16.7 Å². The zero-order valence-corrected chi connectivity index (χ0v) is 10.8. The molecule has 1 aliphatic carbocycles. The van der Waals surface area contributed by atoms with Gasteiger partial charge in [-0.1, -0.05) is 48.6 Å². The van der Waals surface area contributed by atoms with E-state index < -0.39 is 0 Å². The van der Waals surface area contributed by atoms with Crippen molar-refractivity contribution in [2.45, 2.75) is 12.3 Å². The number of fused-ring (bicyclic) bond motifs is 1. The first-order chi connectivity index (χ1) is 9.81. The minimum absolute atomic E-state index is 0.0491. The molecular weight excluding hydrogens is 250 g/mol. The first-order valence-electron chi connectivity index (χ1n) is 6.51. The number of allylic oxidation sites excluding steroid dienone is 5. The highest BCUT2D eigenvalue weighted by atomic mass is 16.5. The van der Waals surface area contributed by atoms with Gasteiger partial charge < -0.3 is 4.74 Å². The maximum Gasteiger partial charge on any atom is 0.319 e. The molecule has 98 valence electrons. The molecule has 0 spiro atoms. The topological polar surface area (TPSA) is 50.1 Å². The third-order valence-electron chi connectivity index (χ3n) is 3.69. The molecule has 0 radical (unpaired) electrons. The summed E-state index contributed by atoms with van der Waals surface area (Å²) in [6, 6.07) is 11.8.